The third-order valence-electron chi connectivity index (χ3n) is 7.25. The fraction of sp³-hybridized carbons (Fsp3) is 0.258. The molecule has 0 bridgehead atoms. The van der Waals surface area contributed by atoms with Gasteiger partial charge in [-0.05, 0) is 74.0 Å². The Labute approximate surface area is 263 Å². The van der Waals surface area contributed by atoms with Crippen LogP contribution in [-0.4, -0.2) is 71.4 Å². The largest absolute Gasteiger partial charge is 0.495 e. The summed E-state index contributed by atoms with van der Waals surface area (Å²) >= 11 is 4.47. The number of aromatic amines is 1. The van der Waals surface area contributed by atoms with Gasteiger partial charge in [-0.25, -0.2) is 0 Å². The second kappa shape index (κ2) is 14.0. The molecule has 3 heterocycles. The molecule has 0 aliphatic rings. The number of thiol groups is 1. The second-order valence-electron chi connectivity index (χ2n) is 10.2. The highest BCUT2D eigenvalue weighted by atomic mass is 32.1. The summed E-state index contributed by atoms with van der Waals surface area (Å²) in [5, 5.41) is 12.4. The first-order valence-corrected chi connectivity index (χ1v) is 16.9. The van der Waals surface area contributed by atoms with Crippen molar-refractivity contribution in [2.75, 3.05) is 50.9 Å². The van der Waals surface area contributed by atoms with Gasteiger partial charge in [0, 0.05) is 60.7 Å². The van der Waals surface area contributed by atoms with E-state index in [-0.39, 0.29) is 6.04 Å². The monoisotopic (exact) mass is 628 g/mol. The van der Waals surface area contributed by atoms with Gasteiger partial charge in [0.2, 0.25) is 5.95 Å². The van der Waals surface area contributed by atoms with Gasteiger partial charge in [-0.15, -0.1) is 0 Å². The smallest absolute Gasteiger partial charge is 0.231 e. The van der Waals surface area contributed by atoms with Crippen LogP contribution < -0.4 is 31.7 Å². The van der Waals surface area contributed by atoms with Gasteiger partial charge < -0.3 is 31.4 Å². The van der Waals surface area contributed by atoms with Crippen LogP contribution in [0.3, 0.4) is 0 Å². The zero-order valence-corrected chi connectivity index (χ0v) is 27.2. The fourth-order valence-corrected chi connectivity index (χ4v) is 6.71. The maximum absolute atomic E-state index is 6.08. The number of anilines is 4. The van der Waals surface area contributed by atoms with Gasteiger partial charge in [-0.1, -0.05) is 7.92 Å². The van der Waals surface area contributed by atoms with Crippen LogP contribution in [-0.2, 0) is 0 Å². The molecule has 0 amide bonds. The zero-order chi connectivity index (χ0) is 31.2. The van der Waals surface area contributed by atoms with Crippen LogP contribution in [0.4, 0.5) is 23.1 Å². The summed E-state index contributed by atoms with van der Waals surface area (Å²) < 4.78 is 5.86. The highest BCUT2D eigenvalue weighted by Gasteiger charge is 2.21. The first kappa shape index (κ1) is 31.2. The molecule has 0 fully saturated rings. The van der Waals surface area contributed by atoms with E-state index in [2.05, 4.69) is 61.9 Å². The molecule has 0 saturated carbocycles. The van der Waals surface area contributed by atoms with E-state index in [0.717, 1.165) is 50.5 Å². The Kier molecular flexibility index (Phi) is 9.94. The fourth-order valence-electron chi connectivity index (χ4n) is 5.24. The molecule has 44 heavy (non-hydrogen) atoms. The van der Waals surface area contributed by atoms with Crippen LogP contribution in [0.1, 0.15) is 23.6 Å². The molecule has 6 N–H and O–H groups in total. The number of nitrogens with one attached hydrogen (secondary N) is 4. The highest BCUT2D eigenvalue weighted by molar-refractivity contribution is 7.80. The maximum Gasteiger partial charge on any atom is 0.231 e. The number of ether oxygens (including phenoxy) is 1. The van der Waals surface area contributed by atoms with Crippen molar-refractivity contribution in [2.24, 2.45) is 10.7 Å². The molecule has 3 aromatic heterocycles. The quantitative estimate of drug-likeness (QED) is 0.0611. The van der Waals surface area contributed by atoms with Gasteiger partial charge in [-0.2, -0.15) is 22.6 Å². The van der Waals surface area contributed by atoms with E-state index in [9.17, 15) is 0 Å². The standard InChI is InChI=1S/C31H37N10OPS/c1-33-17-18(16-32)20-14-25(26(42-3)15-21(20)22(34-2)9-13-44)39-31-40-29-19(8-10-37-29)30(41-31)38-24-7-6-23-27(28(24)43(4)5)36-12-11-35-23/h6-8,10-12,14-17,22,34,44H,9,13,32H2,1-5H3,(H3,37,38,39,40,41). The summed E-state index contributed by atoms with van der Waals surface area (Å²) in [4.78, 5) is 26.3. The molecule has 5 aromatic rings. The molecule has 228 valence electrons. The predicted octanol–water partition coefficient (Wildman–Crippen LogP) is 5.34. The molecular formula is C31H37N10OPS. The number of fused-ring (bicyclic) bond motifs is 2. The summed E-state index contributed by atoms with van der Waals surface area (Å²) in [5.41, 5.74) is 12.8. The first-order chi connectivity index (χ1) is 21.4. The van der Waals surface area contributed by atoms with Gasteiger partial charge >= 0.3 is 0 Å². The van der Waals surface area contributed by atoms with E-state index in [0.29, 0.717) is 34.6 Å². The Morgan fingerprint density at radius 3 is 2.66 bits per heavy atom. The van der Waals surface area contributed by atoms with Crippen molar-refractivity contribution >= 4 is 82.9 Å². The number of benzene rings is 2. The van der Waals surface area contributed by atoms with Crippen molar-refractivity contribution in [3.63, 3.8) is 0 Å². The van der Waals surface area contributed by atoms with Crippen molar-refractivity contribution in [1.82, 2.24) is 30.2 Å². The van der Waals surface area contributed by atoms with E-state index in [1.165, 1.54) is 0 Å². The molecule has 0 spiro atoms. The van der Waals surface area contributed by atoms with Crippen LogP contribution >= 0.6 is 20.6 Å². The maximum atomic E-state index is 6.08. The molecular weight excluding hydrogens is 591 g/mol. The van der Waals surface area contributed by atoms with Crippen LogP contribution in [0.25, 0.3) is 27.6 Å². The number of methoxy groups -OCH3 is 1. The third-order valence-corrected chi connectivity index (χ3v) is 8.85. The topological polar surface area (TPSA) is 151 Å². The number of nitrogens with zero attached hydrogens (tertiary/aromatic N) is 5. The lowest BCUT2D eigenvalue weighted by molar-refractivity contribution is 0.415. The highest BCUT2D eigenvalue weighted by Crippen LogP contribution is 2.38. The number of aromatic nitrogens is 5. The lowest BCUT2D eigenvalue weighted by Crippen LogP contribution is -2.19. The summed E-state index contributed by atoms with van der Waals surface area (Å²) in [6.07, 6.45) is 9.40. The molecule has 1 unspecified atom stereocenters. The van der Waals surface area contributed by atoms with E-state index in [4.69, 9.17) is 20.4 Å². The van der Waals surface area contributed by atoms with Crippen LogP contribution in [0.2, 0.25) is 0 Å². The Bertz CT molecular complexity index is 1840. The Balaban J connectivity index is 1.61. The summed E-state index contributed by atoms with van der Waals surface area (Å²) in [6, 6.07) is 10.00. The summed E-state index contributed by atoms with van der Waals surface area (Å²) in [6.45, 7) is 4.41. The average Bonchev–Trinajstić information content (AvgIpc) is 3.51. The summed E-state index contributed by atoms with van der Waals surface area (Å²) in [5.74, 6) is 2.39. The number of aliphatic imine (C=N–C) groups is 1. The van der Waals surface area contributed by atoms with Gasteiger partial charge in [0.25, 0.3) is 0 Å². The van der Waals surface area contributed by atoms with E-state index < -0.39 is 7.92 Å². The molecule has 2 aromatic carbocycles. The first-order valence-electron chi connectivity index (χ1n) is 14.1. The van der Waals surface area contributed by atoms with Crippen molar-refractivity contribution < 1.29 is 4.74 Å². The van der Waals surface area contributed by atoms with Gasteiger partial charge in [0.1, 0.15) is 17.2 Å². The predicted molar refractivity (Wildman–Crippen MR) is 188 cm³/mol. The van der Waals surface area contributed by atoms with E-state index >= 15 is 0 Å². The molecule has 13 heteroatoms. The average molecular weight is 629 g/mol. The molecule has 11 nitrogen and oxygen atoms in total. The molecule has 0 radical (unpaired) electrons. The van der Waals surface area contributed by atoms with Gasteiger partial charge in [0.05, 0.1) is 29.2 Å². The number of hydrogen-bond donors (Lipinski definition) is 6. The Morgan fingerprint density at radius 1 is 1.14 bits per heavy atom. The summed E-state index contributed by atoms with van der Waals surface area (Å²) in [7, 11) is 4.78. The molecule has 1 atom stereocenters. The van der Waals surface area contributed by atoms with Crippen molar-refractivity contribution in [2.45, 2.75) is 12.5 Å². The Morgan fingerprint density at radius 2 is 1.95 bits per heavy atom. The third kappa shape index (κ3) is 6.33. The lowest BCUT2D eigenvalue weighted by atomic mass is 9.93. The second-order valence-corrected chi connectivity index (χ2v) is 12.9. The molecule has 0 aliphatic carbocycles. The number of allylic oxidation sites excluding steroid dienone is 1. The SMILES string of the molecule is CN=CC(=CN)c1cc(Nc2nc(Nc3ccc4nccnc4c3P(C)C)c3cc[nH]c3n2)c(OC)cc1C(CCS)NC. The molecule has 0 saturated heterocycles. The number of H-pyrrole nitrogens is 1. The lowest BCUT2D eigenvalue weighted by Gasteiger charge is -2.23. The minimum absolute atomic E-state index is 0.0245. The number of rotatable bonds is 12. The normalized spacial score (nSPS) is 12.8. The molecule has 5 rings (SSSR count). The van der Waals surface area contributed by atoms with E-state index in [1.807, 2.05) is 43.6 Å². The van der Waals surface area contributed by atoms with Crippen molar-refractivity contribution in [1.29, 1.82) is 0 Å². The minimum atomic E-state index is -0.511. The number of hydrogen-bond acceptors (Lipinski definition) is 11. The molecule has 0 aliphatic heterocycles. The van der Waals surface area contributed by atoms with Crippen LogP contribution in [0.15, 0.2) is 60.1 Å². The van der Waals surface area contributed by atoms with Gasteiger partial charge in [0.15, 0.2) is 0 Å². The Hall–Kier alpha value is -4.25. The van der Waals surface area contributed by atoms with Crippen LogP contribution in [0.5, 0.6) is 5.75 Å². The van der Waals surface area contributed by atoms with E-state index in [1.54, 1.807) is 39.0 Å². The van der Waals surface area contributed by atoms with Crippen molar-refractivity contribution in [3.05, 3.63) is 66.2 Å². The zero-order valence-electron chi connectivity index (χ0n) is 25.4. The van der Waals surface area contributed by atoms with Crippen molar-refractivity contribution in [3.8, 4) is 5.75 Å². The minimum Gasteiger partial charge on any atom is -0.495 e. The van der Waals surface area contributed by atoms with Gasteiger partial charge in [-0.3, -0.25) is 15.0 Å². The van der Waals surface area contributed by atoms with Crippen LogP contribution in [0, 0.1) is 0 Å². The number of nitrogens with two attached hydrogens (primary N) is 1.